The molecule has 1 fully saturated rings. The average molecular weight is 251 g/mol. The smallest absolute Gasteiger partial charge is 0.323 e. The number of nitrogens with two attached hydrogens (primary N) is 1. The van der Waals surface area contributed by atoms with Gasteiger partial charge in [0.1, 0.15) is 0 Å². The second-order valence-electron chi connectivity index (χ2n) is 5.03. The molecule has 2 N–H and O–H groups in total. The van der Waals surface area contributed by atoms with Gasteiger partial charge in [-0.3, -0.25) is 0 Å². The summed E-state index contributed by atoms with van der Waals surface area (Å²) in [6.45, 7) is 6.70. The Bertz CT molecular complexity index is 390. The molecule has 1 aliphatic rings. The van der Waals surface area contributed by atoms with Crippen LogP contribution in [0.3, 0.4) is 0 Å². The van der Waals surface area contributed by atoms with E-state index in [0.717, 1.165) is 13.1 Å². The van der Waals surface area contributed by atoms with Crippen LogP contribution in [0.25, 0.3) is 0 Å². The molecule has 6 nitrogen and oxygen atoms in total. The van der Waals surface area contributed by atoms with Crippen LogP contribution in [0.2, 0.25) is 0 Å². The number of anilines is 2. The minimum Gasteiger partial charge on any atom is -0.463 e. The maximum atomic E-state index is 5.70. The molecule has 0 unspecified atom stereocenters. The van der Waals surface area contributed by atoms with Crippen LogP contribution in [0.5, 0.6) is 6.01 Å². The summed E-state index contributed by atoms with van der Waals surface area (Å²) in [6.07, 6.45) is 3.62. The first-order chi connectivity index (χ1) is 8.65. The van der Waals surface area contributed by atoms with E-state index in [9.17, 15) is 0 Å². The predicted molar refractivity (Wildman–Crippen MR) is 70.6 cm³/mol. The topological polar surface area (TPSA) is 77.2 Å². The van der Waals surface area contributed by atoms with Gasteiger partial charge in [0.25, 0.3) is 0 Å². The predicted octanol–water partition coefficient (Wildman–Crippen LogP) is 1.48. The van der Waals surface area contributed by atoms with Crippen LogP contribution < -0.4 is 15.4 Å². The van der Waals surface area contributed by atoms with Gasteiger partial charge >= 0.3 is 6.01 Å². The first-order valence-electron chi connectivity index (χ1n) is 6.54. The van der Waals surface area contributed by atoms with Gasteiger partial charge < -0.3 is 15.4 Å². The van der Waals surface area contributed by atoms with Crippen LogP contribution in [-0.4, -0.2) is 34.6 Å². The molecule has 1 aromatic heterocycles. The van der Waals surface area contributed by atoms with Gasteiger partial charge in [-0.25, -0.2) is 0 Å². The monoisotopic (exact) mass is 251 g/mol. The summed E-state index contributed by atoms with van der Waals surface area (Å²) in [7, 11) is 0. The van der Waals surface area contributed by atoms with Crippen molar-refractivity contribution in [3.8, 4) is 6.01 Å². The highest BCUT2D eigenvalue weighted by Gasteiger charge is 2.16. The van der Waals surface area contributed by atoms with Crippen LogP contribution in [0.1, 0.15) is 33.1 Å². The number of nitrogens with zero attached hydrogens (tertiary/aromatic N) is 4. The van der Waals surface area contributed by atoms with Gasteiger partial charge in [-0.1, -0.05) is 13.8 Å². The normalized spacial score (nSPS) is 16.1. The Balaban J connectivity index is 2.09. The van der Waals surface area contributed by atoms with E-state index in [-0.39, 0.29) is 5.95 Å². The molecular formula is C12H21N5O. The molecule has 0 spiro atoms. The molecule has 1 saturated heterocycles. The van der Waals surface area contributed by atoms with Crippen molar-refractivity contribution >= 4 is 11.9 Å². The zero-order chi connectivity index (χ0) is 13.0. The van der Waals surface area contributed by atoms with Gasteiger partial charge in [0.05, 0.1) is 6.61 Å². The fourth-order valence-corrected chi connectivity index (χ4v) is 1.90. The van der Waals surface area contributed by atoms with Crippen molar-refractivity contribution in [2.75, 3.05) is 30.3 Å². The minimum absolute atomic E-state index is 0.226. The highest BCUT2D eigenvalue weighted by atomic mass is 16.5. The highest BCUT2D eigenvalue weighted by molar-refractivity contribution is 5.36. The Labute approximate surface area is 108 Å². The molecule has 0 atom stereocenters. The van der Waals surface area contributed by atoms with Crippen LogP contribution >= 0.6 is 0 Å². The Morgan fingerprint density at radius 1 is 1.17 bits per heavy atom. The highest BCUT2D eigenvalue weighted by Crippen LogP contribution is 2.18. The van der Waals surface area contributed by atoms with E-state index in [4.69, 9.17) is 10.5 Å². The SMILES string of the molecule is CC(C)COc1nc(N)nc(N2CCCCC2)n1. The number of hydrogen-bond donors (Lipinski definition) is 1. The lowest BCUT2D eigenvalue weighted by atomic mass is 10.1. The van der Waals surface area contributed by atoms with Gasteiger partial charge in [0.2, 0.25) is 11.9 Å². The van der Waals surface area contributed by atoms with Gasteiger partial charge in [0.15, 0.2) is 0 Å². The first kappa shape index (κ1) is 12.9. The molecule has 1 aromatic rings. The Morgan fingerprint density at radius 3 is 2.56 bits per heavy atom. The summed E-state index contributed by atoms with van der Waals surface area (Å²) in [5.41, 5.74) is 5.70. The third kappa shape index (κ3) is 3.45. The summed E-state index contributed by atoms with van der Waals surface area (Å²) >= 11 is 0. The lowest BCUT2D eigenvalue weighted by Gasteiger charge is -2.26. The molecule has 100 valence electrons. The standard InChI is InChI=1S/C12H21N5O/c1-9(2)8-18-12-15-10(13)14-11(16-12)17-6-4-3-5-7-17/h9H,3-8H2,1-2H3,(H2,13,14,15,16). The van der Waals surface area contributed by atoms with Crippen LogP contribution in [-0.2, 0) is 0 Å². The molecule has 0 saturated carbocycles. The van der Waals surface area contributed by atoms with E-state index >= 15 is 0 Å². The van der Waals surface area contributed by atoms with Gasteiger partial charge in [-0.15, -0.1) is 0 Å². The van der Waals surface area contributed by atoms with Crippen molar-refractivity contribution in [2.24, 2.45) is 5.92 Å². The number of hydrogen-bond acceptors (Lipinski definition) is 6. The third-order valence-corrected chi connectivity index (χ3v) is 2.81. The van der Waals surface area contributed by atoms with E-state index in [1.165, 1.54) is 19.3 Å². The van der Waals surface area contributed by atoms with E-state index in [1.54, 1.807) is 0 Å². The number of nitrogen functional groups attached to an aromatic ring is 1. The molecule has 6 heteroatoms. The van der Waals surface area contributed by atoms with Crippen LogP contribution in [0, 0.1) is 5.92 Å². The van der Waals surface area contributed by atoms with Gasteiger partial charge in [-0.05, 0) is 25.2 Å². The number of rotatable bonds is 4. The lowest BCUT2D eigenvalue weighted by molar-refractivity contribution is 0.250. The van der Waals surface area contributed by atoms with Crippen molar-refractivity contribution in [3.63, 3.8) is 0 Å². The Kier molecular flexibility index (Phi) is 4.17. The summed E-state index contributed by atoms with van der Waals surface area (Å²) < 4.78 is 5.51. The Hall–Kier alpha value is -1.59. The van der Waals surface area contributed by atoms with Crippen molar-refractivity contribution in [1.82, 2.24) is 15.0 Å². The van der Waals surface area contributed by atoms with Crippen molar-refractivity contribution in [3.05, 3.63) is 0 Å². The molecule has 2 rings (SSSR count). The molecule has 0 amide bonds. The van der Waals surface area contributed by atoms with Crippen molar-refractivity contribution in [1.29, 1.82) is 0 Å². The third-order valence-electron chi connectivity index (χ3n) is 2.81. The molecule has 0 bridgehead atoms. The summed E-state index contributed by atoms with van der Waals surface area (Å²) in [5.74, 6) is 1.30. The molecular weight excluding hydrogens is 230 g/mol. The number of piperidine rings is 1. The summed E-state index contributed by atoms with van der Waals surface area (Å²) in [6, 6.07) is 0.330. The van der Waals surface area contributed by atoms with Crippen molar-refractivity contribution < 1.29 is 4.74 Å². The Morgan fingerprint density at radius 2 is 1.89 bits per heavy atom. The second kappa shape index (κ2) is 5.84. The minimum atomic E-state index is 0.226. The fourth-order valence-electron chi connectivity index (χ4n) is 1.90. The largest absolute Gasteiger partial charge is 0.463 e. The van der Waals surface area contributed by atoms with Crippen LogP contribution in [0.15, 0.2) is 0 Å². The number of aromatic nitrogens is 3. The molecule has 0 aromatic carbocycles. The van der Waals surface area contributed by atoms with E-state index in [2.05, 4.69) is 33.7 Å². The quantitative estimate of drug-likeness (QED) is 0.873. The first-order valence-corrected chi connectivity index (χ1v) is 6.54. The zero-order valence-corrected chi connectivity index (χ0v) is 11.1. The van der Waals surface area contributed by atoms with Gasteiger partial charge in [-0.2, -0.15) is 15.0 Å². The molecule has 18 heavy (non-hydrogen) atoms. The zero-order valence-electron chi connectivity index (χ0n) is 11.1. The molecule has 1 aliphatic heterocycles. The van der Waals surface area contributed by atoms with Gasteiger partial charge in [0, 0.05) is 13.1 Å². The summed E-state index contributed by atoms with van der Waals surface area (Å²) in [5, 5.41) is 0. The fraction of sp³-hybridized carbons (Fsp3) is 0.750. The van der Waals surface area contributed by atoms with E-state index < -0.39 is 0 Å². The lowest BCUT2D eigenvalue weighted by Crippen LogP contribution is -2.31. The number of ether oxygens (including phenoxy) is 1. The maximum absolute atomic E-state index is 5.70. The van der Waals surface area contributed by atoms with E-state index in [0.29, 0.717) is 24.5 Å². The maximum Gasteiger partial charge on any atom is 0.323 e. The second-order valence-corrected chi connectivity index (χ2v) is 5.03. The van der Waals surface area contributed by atoms with E-state index in [1.807, 2.05) is 0 Å². The molecule has 0 radical (unpaired) electrons. The average Bonchev–Trinajstić information content (AvgIpc) is 2.37. The van der Waals surface area contributed by atoms with Crippen molar-refractivity contribution in [2.45, 2.75) is 33.1 Å². The van der Waals surface area contributed by atoms with Crippen LogP contribution in [0.4, 0.5) is 11.9 Å². The summed E-state index contributed by atoms with van der Waals surface area (Å²) in [4.78, 5) is 14.7. The molecule has 0 aliphatic carbocycles. The molecule has 2 heterocycles.